The molecule has 0 bridgehead atoms. The van der Waals surface area contributed by atoms with Crippen LogP contribution in [0.3, 0.4) is 0 Å². The third-order valence-corrected chi connectivity index (χ3v) is 4.06. The van der Waals surface area contributed by atoms with E-state index in [1.54, 1.807) is 6.07 Å². The van der Waals surface area contributed by atoms with Crippen LogP contribution in [0.15, 0.2) is 59.1 Å². The number of Topliss-reactive ketones (excluding diaryl/α,β-unsaturated/α-hetero) is 1. The number of hydrogen-bond acceptors (Lipinski definition) is 2. The first-order chi connectivity index (χ1) is 10.1. The van der Waals surface area contributed by atoms with E-state index in [0.717, 1.165) is 10.9 Å². The minimum absolute atomic E-state index is 0.146. The average molecular weight is 344 g/mol. The summed E-state index contributed by atoms with van der Waals surface area (Å²) in [5.41, 5.74) is 1.86. The van der Waals surface area contributed by atoms with E-state index in [9.17, 15) is 9.18 Å². The lowest BCUT2D eigenvalue weighted by molar-refractivity contribution is 0.0991. The maximum atomic E-state index is 13.5. The summed E-state index contributed by atoms with van der Waals surface area (Å²) >= 11 is 3.12. The number of nitrogens with zero attached hydrogens (tertiary/aromatic N) is 1. The van der Waals surface area contributed by atoms with Crippen LogP contribution >= 0.6 is 15.9 Å². The summed E-state index contributed by atoms with van der Waals surface area (Å²) in [4.78, 5) is 16.7. The van der Waals surface area contributed by atoms with Gasteiger partial charge in [0.15, 0.2) is 5.78 Å². The highest BCUT2D eigenvalue weighted by Gasteiger charge is 2.14. The van der Waals surface area contributed by atoms with Gasteiger partial charge in [0.2, 0.25) is 0 Å². The van der Waals surface area contributed by atoms with Gasteiger partial charge in [0.25, 0.3) is 0 Å². The molecule has 0 fully saturated rings. The molecule has 2 nitrogen and oxygen atoms in total. The van der Waals surface area contributed by atoms with Gasteiger partial charge in [-0.3, -0.25) is 9.78 Å². The van der Waals surface area contributed by atoms with Crippen molar-refractivity contribution in [3.8, 4) is 0 Å². The van der Waals surface area contributed by atoms with Gasteiger partial charge in [-0.05, 0) is 34.1 Å². The summed E-state index contributed by atoms with van der Waals surface area (Å²) in [6, 6.07) is 15.9. The Morgan fingerprint density at radius 3 is 2.71 bits per heavy atom. The van der Waals surface area contributed by atoms with Crippen LogP contribution in [0.1, 0.15) is 16.1 Å². The fraction of sp³-hybridized carbons (Fsp3) is 0.0588. The Balaban J connectivity index is 1.91. The molecular formula is C17H11BrFNO. The lowest BCUT2D eigenvalue weighted by Gasteiger charge is -2.05. The Morgan fingerprint density at radius 2 is 1.86 bits per heavy atom. The predicted octanol–water partition coefficient (Wildman–Crippen LogP) is 4.56. The third-order valence-electron chi connectivity index (χ3n) is 3.25. The van der Waals surface area contributed by atoms with E-state index in [1.807, 2.05) is 36.4 Å². The fourth-order valence-electron chi connectivity index (χ4n) is 2.19. The minimum atomic E-state index is -0.438. The maximum absolute atomic E-state index is 13.5. The number of halogens is 2. The summed E-state index contributed by atoms with van der Waals surface area (Å²) in [5, 5.41) is 1.03. The molecule has 0 amide bonds. The number of pyridine rings is 1. The molecule has 0 aliphatic carbocycles. The summed E-state index contributed by atoms with van der Waals surface area (Å²) in [7, 11) is 0. The monoisotopic (exact) mass is 343 g/mol. The zero-order valence-corrected chi connectivity index (χ0v) is 12.6. The van der Waals surface area contributed by atoms with Crippen LogP contribution in [0, 0.1) is 5.82 Å². The van der Waals surface area contributed by atoms with Gasteiger partial charge in [0, 0.05) is 16.6 Å². The second-order valence-corrected chi connectivity index (χ2v) is 5.49. The van der Waals surface area contributed by atoms with Crippen molar-refractivity contribution in [1.82, 2.24) is 4.98 Å². The number of carbonyl (C=O) groups excluding carboxylic acids is 1. The smallest absolute Gasteiger partial charge is 0.170 e. The van der Waals surface area contributed by atoms with Crippen molar-refractivity contribution in [2.45, 2.75) is 6.42 Å². The normalized spacial score (nSPS) is 10.8. The Kier molecular flexibility index (Phi) is 3.80. The van der Waals surface area contributed by atoms with Gasteiger partial charge in [-0.1, -0.05) is 36.4 Å². The molecule has 0 N–H and O–H groups in total. The largest absolute Gasteiger partial charge is 0.294 e. The zero-order chi connectivity index (χ0) is 14.8. The topological polar surface area (TPSA) is 30.0 Å². The van der Waals surface area contributed by atoms with Crippen molar-refractivity contribution in [1.29, 1.82) is 0 Å². The van der Waals surface area contributed by atoms with E-state index in [4.69, 9.17) is 0 Å². The van der Waals surface area contributed by atoms with Crippen molar-refractivity contribution in [3.63, 3.8) is 0 Å². The molecule has 4 heteroatoms. The molecule has 1 aromatic heterocycles. The number of carbonyl (C=O) groups is 1. The Hall–Kier alpha value is -2.07. The van der Waals surface area contributed by atoms with E-state index < -0.39 is 5.82 Å². The highest BCUT2D eigenvalue weighted by molar-refractivity contribution is 9.10. The van der Waals surface area contributed by atoms with Crippen LogP contribution < -0.4 is 0 Å². The van der Waals surface area contributed by atoms with Gasteiger partial charge >= 0.3 is 0 Å². The first kappa shape index (κ1) is 13.9. The van der Waals surface area contributed by atoms with Crippen LogP contribution in [-0.2, 0) is 6.42 Å². The zero-order valence-electron chi connectivity index (χ0n) is 11.0. The van der Waals surface area contributed by atoms with Crippen LogP contribution in [0.2, 0.25) is 0 Å². The summed E-state index contributed by atoms with van der Waals surface area (Å²) < 4.78 is 13.7. The average Bonchev–Trinajstić information content (AvgIpc) is 2.50. The van der Waals surface area contributed by atoms with Crippen LogP contribution in [0.25, 0.3) is 10.9 Å². The van der Waals surface area contributed by atoms with Crippen LogP contribution in [-0.4, -0.2) is 10.8 Å². The van der Waals surface area contributed by atoms with E-state index >= 15 is 0 Å². The summed E-state index contributed by atoms with van der Waals surface area (Å²) in [5.74, 6) is -0.600. The van der Waals surface area contributed by atoms with Gasteiger partial charge in [-0.15, -0.1) is 0 Å². The van der Waals surface area contributed by atoms with Crippen molar-refractivity contribution < 1.29 is 9.18 Å². The molecule has 104 valence electrons. The van der Waals surface area contributed by atoms with Gasteiger partial charge in [0.05, 0.1) is 16.4 Å². The highest BCUT2D eigenvalue weighted by atomic mass is 79.9. The van der Waals surface area contributed by atoms with Gasteiger partial charge in [-0.2, -0.15) is 0 Å². The summed E-state index contributed by atoms with van der Waals surface area (Å²) in [6.45, 7) is 0. The fourth-order valence-corrected chi connectivity index (χ4v) is 2.67. The van der Waals surface area contributed by atoms with E-state index in [0.29, 0.717) is 11.3 Å². The first-order valence-electron chi connectivity index (χ1n) is 6.47. The number of aromatic nitrogens is 1. The molecular weight excluding hydrogens is 333 g/mol. The molecule has 0 aliphatic heterocycles. The van der Waals surface area contributed by atoms with E-state index in [1.165, 1.54) is 12.1 Å². The number of hydrogen-bond donors (Lipinski definition) is 0. The van der Waals surface area contributed by atoms with Gasteiger partial charge in [0.1, 0.15) is 5.82 Å². The first-order valence-corrected chi connectivity index (χ1v) is 7.26. The SMILES string of the molecule is O=C(Cc1ccc2ccccc2n1)c1cccc(F)c1Br. The molecule has 1 heterocycles. The molecule has 21 heavy (non-hydrogen) atoms. The maximum Gasteiger partial charge on any atom is 0.170 e. The van der Waals surface area contributed by atoms with Crippen molar-refractivity contribution in [2.24, 2.45) is 0 Å². The van der Waals surface area contributed by atoms with E-state index in [2.05, 4.69) is 20.9 Å². The number of ketones is 1. The number of benzene rings is 2. The van der Waals surface area contributed by atoms with Crippen LogP contribution in [0.4, 0.5) is 4.39 Å². The van der Waals surface area contributed by atoms with Crippen LogP contribution in [0.5, 0.6) is 0 Å². The molecule has 3 aromatic rings. The molecule has 0 saturated carbocycles. The quantitative estimate of drug-likeness (QED) is 0.652. The number of para-hydroxylation sites is 1. The third kappa shape index (κ3) is 2.85. The Morgan fingerprint density at radius 1 is 1.05 bits per heavy atom. The molecule has 0 radical (unpaired) electrons. The molecule has 2 aromatic carbocycles. The number of fused-ring (bicyclic) bond motifs is 1. The standard InChI is InChI=1S/C17H11BrFNO/c18-17-13(5-3-6-14(17)19)16(21)10-12-9-8-11-4-1-2-7-15(11)20-12/h1-9H,10H2. The molecule has 0 aliphatic rings. The number of rotatable bonds is 3. The summed E-state index contributed by atoms with van der Waals surface area (Å²) in [6.07, 6.45) is 0.146. The minimum Gasteiger partial charge on any atom is -0.294 e. The Bertz CT molecular complexity index is 832. The lowest BCUT2D eigenvalue weighted by Crippen LogP contribution is -2.06. The van der Waals surface area contributed by atoms with Gasteiger partial charge < -0.3 is 0 Å². The Labute approximate surface area is 129 Å². The second kappa shape index (κ2) is 5.74. The van der Waals surface area contributed by atoms with Gasteiger partial charge in [-0.25, -0.2) is 4.39 Å². The molecule has 3 rings (SSSR count). The molecule has 0 saturated heterocycles. The van der Waals surface area contributed by atoms with Crippen molar-refractivity contribution in [3.05, 3.63) is 76.1 Å². The second-order valence-electron chi connectivity index (χ2n) is 4.70. The molecule has 0 spiro atoms. The lowest BCUT2D eigenvalue weighted by atomic mass is 10.1. The highest BCUT2D eigenvalue weighted by Crippen LogP contribution is 2.22. The van der Waals surface area contributed by atoms with Crippen molar-refractivity contribution >= 4 is 32.6 Å². The predicted molar refractivity (Wildman–Crippen MR) is 83.9 cm³/mol. The molecule has 0 unspecified atom stereocenters. The van der Waals surface area contributed by atoms with E-state index in [-0.39, 0.29) is 16.7 Å². The molecule has 0 atom stereocenters. The van der Waals surface area contributed by atoms with Crippen molar-refractivity contribution in [2.75, 3.05) is 0 Å².